The van der Waals surface area contributed by atoms with Crippen LogP contribution in [0.4, 0.5) is 20.2 Å². The van der Waals surface area contributed by atoms with Gasteiger partial charge in [0.2, 0.25) is 0 Å². The molecule has 2 aromatic rings. The van der Waals surface area contributed by atoms with Gasteiger partial charge in [-0.15, -0.1) is 0 Å². The molecular formula is C14H12F2N2. The number of anilines is 2. The molecule has 18 heavy (non-hydrogen) atoms. The molecule has 0 fully saturated rings. The molecular weight excluding hydrogens is 234 g/mol. The van der Waals surface area contributed by atoms with Crippen LogP contribution in [0.5, 0.6) is 0 Å². The van der Waals surface area contributed by atoms with Gasteiger partial charge in [-0.1, -0.05) is 18.2 Å². The number of nitrogen functional groups attached to an aromatic ring is 1. The molecule has 2 N–H and O–H groups in total. The molecule has 0 aromatic heterocycles. The van der Waals surface area contributed by atoms with Crippen LogP contribution in [-0.4, -0.2) is 0 Å². The summed E-state index contributed by atoms with van der Waals surface area (Å²) in [5, 5.41) is 0. The third-order valence-corrected chi connectivity index (χ3v) is 3.29. The fourth-order valence-corrected chi connectivity index (χ4v) is 2.35. The van der Waals surface area contributed by atoms with Gasteiger partial charge in [0.25, 0.3) is 0 Å². The zero-order valence-corrected chi connectivity index (χ0v) is 9.66. The van der Waals surface area contributed by atoms with Crippen molar-refractivity contribution in [3.63, 3.8) is 0 Å². The Bertz CT molecular complexity index is 611. The number of nitrogens with zero attached hydrogens (tertiary/aromatic N) is 1. The van der Waals surface area contributed by atoms with E-state index in [-0.39, 0.29) is 5.69 Å². The van der Waals surface area contributed by atoms with Gasteiger partial charge in [-0.2, -0.15) is 0 Å². The Morgan fingerprint density at radius 2 is 1.78 bits per heavy atom. The summed E-state index contributed by atoms with van der Waals surface area (Å²) in [6.45, 7) is 1.07. The molecule has 0 bridgehead atoms. The average molecular weight is 246 g/mol. The van der Waals surface area contributed by atoms with Crippen LogP contribution in [0.25, 0.3) is 0 Å². The van der Waals surface area contributed by atoms with Gasteiger partial charge < -0.3 is 10.6 Å². The molecule has 0 amide bonds. The maximum atomic E-state index is 13.7. The van der Waals surface area contributed by atoms with E-state index >= 15 is 0 Å². The maximum absolute atomic E-state index is 13.7. The minimum atomic E-state index is -0.823. The second-order valence-electron chi connectivity index (χ2n) is 4.41. The van der Waals surface area contributed by atoms with Crippen LogP contribution in [0, 0.1) is 11.6 Å². The summed E-state index contributed by atoms with van der Waals surface area (Å²) >= 11 is 0. The number of nitrogens with two attached hydrogens (primary N) is 1. The van der Waals surface area contributed by atoms with Gasteiger partial charge >= 0.3 is 0 Å². The van der Waals surface area contributed by atoms with E-state index in [1.54, 1.807) is 11.0 Å². The lowest BCUT2D eigenvalue weighted by molar-refractivity contribution is 0.506. The lowest BCUT2D eigenvalue weighted by Gasteiger charge is -2.18. The zero-order chi connectivity index (χ0) is 12.7. The highest BCUT2D eigenvalue weighted by Crippen LogP contribution is 2.33. The van der Waals surface area contributed by atoms with Crippen molar-refractivity contribution in [2.75, 3.05) is 10.6 Å². The predicted molar refractivity (Wildman–Crippen MR) is 67.1 cm³/mol. The summed E-state index contributed by atoms with van der Waals surface area (Å²) in [7, 11) is 0. The molecule has 0 saturated carbocycles. The zero-order valence-electron chi connectivity index (χ0n) is 9.66. The van der Waals surface area contributed by atoms with Gasteiger partial charge in [-0.25, -0.2) is 8.78 Å². The third kappa shape index (κ3) is 1.61. The van der Waals surface area contributed by atoms with E-state index in [1.807, 2.05) is 18.2 Å². The number of hydrogen-bond donors (Lipinski definition) is 1. The second kappa shape index (κ2) is 3.98. The minimum absolute atomic E-state index is 0.283. The SMILES string of the molecule is Nc1cccc2c1CN(c1cccc(F)c1F)C2. The molecule has 0 spiro atoms. The quantitative estimate of drug-likeness (QED) is 0.783. The van der Waals surface area contributed by atoms with Crippen LogP contribution in [0.2, 0.25) is 0 Å². The fourth-order valence-electron chi connectivity index (χ4n) is 2.35. The third-order valence-electron chi connectivity index (χ3n) is 3.29. The smallest absolute Gasteiger partial charge is 0.182 e. The number of hydrogen-bond acceptors (Lipinski definition) is 2. The highest BCUT2D eigenvalue weighted by atomic mass is 19.2. The molecule has 92 valence electrons. The van der Waals surface area contributed by atoms with Crippen molar-refractivity contribution in [1.29, 1.82) is 0 Å². The van der Waals surface area contributed by atoms with Crippen molar-refractivity contribution >= 4 is 11.4 Å². The number of rotatable bonds is 1. The Morgan fingerprint density at radius 3 is 2.56 bits per heavy atom. The summed E-state index contributed by atoms with van der Waals surface area (Å²) in [6, 6.07) is 9.88. The van der Waals surface area contributed by atoms with Crippen molar-refractivity contribution in [3.8, 4) is 0 Å². The molecule has 0 aliphatic carbocycles. The van der Waals surface area contributed by atoms with Crippen LogP contribution in [0.15, 0.2) is 36.4 Å². The van der Waals surface area contributed by atoms with Crippen molar-refractivity contribution in [2.24, 2.45) is 0 Å². The lowest BCUT2D eigenvalue weighted by atomic mass is 10.1. The molecule has 2 aromatic carbocycles. The Kier molecular flexibility index (Phi) is 2.44. The Labute approximate surface area is 104 Å². The molecule has 2 nitrogen and oxygen atoms in total. The standard InChI is InChI=1S/C14H12F2N2/c15-11-4-2-6-13(14(11)16)18-7-9-3-1-5-12(17)10(9)8-18/h1-6H,7-8,17H2. The summed E-state index contributed by atoms with van der Waals surface area (Å²) < 4.78 is 26.9. The normalized spacial score (nSPS) is 13.8. The van der Waals surface area contributed by atoms with Crippen LogP contribution in [0.3, 0.4) is 0 Å². The highest BCUT2D eigenvalue weighted by Gasteiger charge is 2.23. The van der Waals surface area contributed by atoms with E-state index in [1.165, 1.54) is 6.07 Å². The van der Waals surface area contributed by atoms with Gasteiger partial charge in [-0.3, -0.25) is 0 Å². The van der Waals surface area contributed by atoms with E-state index in [4.69, 9.17) is 5.73 Å². The second-order valence-corrected chi connectivity index (χ2v) is 4.41. The first-order valence-electron chi connectivity index (χ1n) is 5.72. The first-order chi connectivity index (χ1) is 8.66. The minimum Gasteiger partial charge on any atom is -0.398 e. The van der Waals surface area contributed by atoms with E-state index in [0.29, 0.717) is 18.8 Å². The average Bonchev–Trinajstić information content (AvgIpc) is 2.78. The lowest BCUT2D eigenvalue weighted by Crippen LogP contribution is -2.16. The number of fused-ring (bicyclic) bond motifs is 1. The molecule has 0 atom stereocenters. The van der Waals surface area contributed by atoms with E-state index in [9.17, 15) is 8.78 Å². The molecule has 3 rings (SSSR count). The van der Waals surface area contributed by atoms with Gasteiger partial charge in [0.05, 0.1) is 5.69 Å². The predicted octanol–water partition coefficient (Wildman–Crippen LogP) is 3.07. The van der Waals surface area contributed by atoms with Gasteiger partial charge in [0.15, 0.2) is 11.6 Å². The van der Waals surface area contributed by atoms with Crippen LogP contribution in [0.1, 0.15) is 11.1 Å². The monoisotopic (exact) mass is 246 g/mol. The number of halogens is 2. The van der Waals surface area contributed by atoms with Crippen LogP contribution >= 0.6 is 0 Å². The maximum Gasteiger partial charge on any atom is 0.182 e. The van der Waals surface area contributed by atoms with Gasteiger partial charge in [0, 0.05) is 18.8 Å². The molecule has 1 heterocycles. The largest absolute Gasteiger partial charge is 0.398 e. The van der Waals surface area contributed by atoms with Crippen molar-refractivity contribution in [1.82, 2.24) is 0 Å². The topological polar surface area (TPSA) is 29.3 Å². The first kappa shape index (κ1) is 11.0. The highest BCUT2D eigenvalue weighted by molar-refractivity contribution is 5.60. The van der Waals surface area contributed by atoms with Crippen molar-refractivity contribution < 1.29 is 8.78 Å². The van der Waals surface area contributed by atoms with Crippen molar-refractivity contribution in [2.45, 2.75) is 13.1 Å². The molecule has 1 aliphatic rings. The Hall–Kier alpha value is -2.10. The van der Waals surface area contributed by atoms with E-state index < -0.39 is 11.6 Å². The van der Waals surface area contributed by atoms with Crippen LogP contribution < -0.4 is 10.6 Å². The van der Waals surface area contributed by atoms with Crippen molar-refractivity contribution in [3.05, 3.63) is 59.2 Å². The summed E-state index contributed by atoms with van der Waals surface area (Å²) in [6.07, 6.45) is 0. The molecule has 0 radical (unpaired) electrons. The van der Waals surface area contributed by atoms with Gasteiger partial charge in [0.1, 0.15) is 0 Å². The number of benzene rings is 2. The molecule has 0 saturated heterocycles. The summed E-state index contributed by atoms with van der Waals surface area (Å²) in [5.74, 6) is -1.62. The van der Waals surface area contributed by atoms with Gasteiger partial charge in [-0.05, 0) is 29.3 Å². The van der Waals surface area contributed by atoms with E-state index in [0.717, 1.165) is 17.2 Å². The first-order valence-corrected chi connectivity index (χ1v) is 5.72. The van der Waals surface area contributed by atoms with Crippen LogP contribution in [-0.2, 0) is 13.1 Å². The fraction of sp³-hybridized carbons (Fsp3) is 0.143. The van der Waals surface area contributed by atoms with E-state index in [2.05, 4.69) is 0 Å². The molecule has 0 unspecified atom stereocenters. The summed E-state index contributed by atoms with van der Waals surface area (Å²) in [5.41, 5.74) is 8.94. The molecule has 4 heteroatoms. The summed E-state index contributed by atoms with van der Waals surface area (Å²) in [4.78, 5) is 1.79. The Balaban J connectivity index is 1.99. The molecule has 1 aliphatic heterocycles. The Morgan fingerprint density at radius 1 is 1.00 bits per heavy atom.